The summed E-state index contributed by atoms with van der Waals surface area (Å²) in [5.41, 5.74) is 18.9. The van der Waals surface area contributed by atoms with Gasteiger partial charge in [0, 0.05) is 136 Å². The zero-order valence-corrected chi connectivity index (χ0v) is 40.6. The summed E-state index contributed by atoms with van der Waals surface area (Å²) in [5, 5.41) is 0. The van der Waals surface area contributed by atoms with Crippen molar-refractivity contribution in [1.82, 2.24) is 19.9 Å². The fraction of sp³-hybridized carbons (Fsp3) is 0. The average Bonchev–Trinajstić information content (AvgIpc) is 4.29. The third-order valence-electron chi connectivity index (χ3n) is 13.6. The number of fused-ring (bicyclic) bond motifs is 8. The molecule has 0 fully saturated rings. The minimum absolute atomic E-state index is 0. The van der Waals surface area contributed by atoms with Gasteiger partial charge in [0.25, 0.3) is 0 Å². The molecule has 73 heavy (non-hydrogen) atoms. The molecule has 0 spiro atoms. The molecule has 0 saturated carbocycles. The van der Waals surface area contributed by atoms with Crippen LogP contribution in [0.3, 0.4) is 0 Å². The Labute approximate surface area is 437 Å². The SMILES string of the molecule is [Co].c1ccc(-c2c3[n-]c(c2-c2ccccc2)[C+](c2ccccc2)c2ccc([n-]2)[C+](c2ccccc2)c2[n-]c(c(-c4ccccc4)c2-c2ccccc2)[C+](c2ccccc2)c2ccc([n-]2)[C+]3c2ccccc2)cc1. The Morgan fingerprint density at radius 3 is 0.562 bits per heavy atom. The van der Waals surface area contributed by atoms with Crippen LogP contribution in [0.2, 0.25) is 0 Å². The van der Waals surface area contributed by atoms with Crippen LogP contribution in [0.5, 0.6) is 0 Å². The van der Waals surface area contributed by atoms with E-state index in [1.165, 1.54) is 0 Å². The molecule has 0 atom stereocenters. The molecule has 13 rings (SSSR count). The zero-order chi connectivity index (χ0) is 47.8. The number of hydrogen-bond acceptors (Lipinski definition) is 0. The minimum atomic E-state index is 0. The molecule has 5 heterocycles. The molecule has 0 aliphatic carbocycles. The van der Waals surface area contributed by atoms with E-state index in [1.807, 2.05) is 0 Å². The smallest absolute Gasteiger partial charge is 0.0768 e. The van der Waals surface area contributed by atoms with Gasteiger partial charge in [-0.05, 0) is 167 Å². The Balaban J connectivity index is 0.00000543. The first-order valence-electron chi connectivity index (χ1n) is 24.4. The third kappa shape index (κ3) is 8.17. The molecular formula is C68H44CoN4. The number of rotatable bonds is 8. The van der Waals surface area contributed by atoms with Crippen molar-refractivity contribution in [2.24, 2.45) is 0 Å². The molecule has 0 saturated heterocycles. The van der Waals surface area contributed by atoms with E-state index in [9.17, 15) is 0 Å². The van der Waals surface area contributed by atoms with Gasteiger partial charge in [0.15, 0.2) is 0 Å². The van der Waals surface area contributed by atoms with Crippen molar-refractivity contribution in [2.45, 2.75) is 0 Å². The standard InChI is InChI=1S/C68H44N4.Co/c1-9-25-45(26-10-1)57-53-41-42-54(69-53)58(46-27-11-2-12-28-46)67-63(51-37-21-7-22-38-51)64(52-39-23-8-24-40-52)68(72-67)60(48-31-15-4-16-32-48)56-44-43-55(70-56)59(47-29-13-3-14-30-47)66-62(50-35-19-6-20-36-50)61(65(57)71-66)49-33-17-5-18-34-49;/h1-44H;. The summed E-state index contributed by atoms with van der Waals surface area (Å²) < 4.78 is 0. The molecule has 8 bridgehead atoms. The summed E-state index contributed by atoms with van der Waals surface area (Å²) >= 11 is 0. The molecule has 12 aromatic rings. The number of aromatic nitrogens is 4. The molecule has 4 nitrogen and oxygen atoms in total. The third-order valence-corrected chi connectivity index (χ3v) is 13.6. The van der Waals surface area contributed by atoms with Crippen molar-refractivity contribution < 1.29 is 16.8 Å². The van der Waals surface area contributed by atoms with Gasteiger partial charge in [0.05, 0.1) is 44.5 Å². The number of nitrogens with zero attached hydrogens (tertiary/aromatic N) is 4. The second-order valence-corrected chi connectivity index (χ2v) is 18.0. The molecule has 0 amide bonds. The topological polar surface area (TPSA) is 56.4 Å². The van der Waals surface area contributed by atoms with Crippen molar-refractivity contribution in [3.63, 3.8) is 0 Å². The summed E-state index contributed by atoms with van der Waals surface area (Å²) in [7, 11) is 0. The van der Waals surface area contributed by atoms with Crippen molar-refractivity contribution in [3.05, 3.63) is 358 Å². The summed E-state index contributed by atoms with van der Waals surface area (Å²) in [6.07, 6.45) is 0. The van der Waals surface area contributed by atoms with E-state index < -0.39 is 0 Å². The molecule has 0 unspecified atom stereocenters. The van der Waals surface area contributed by atoms with Crippen molar-refractivity contribution in [3.8, 4) is 44.5 Å². The summed E-state index contributed by atoms with van der Waals surface area (Å²) in [6.45, 7) is 0. The normalized spacial score (nSPS) is 12.2. The van der Waals surface area contributed by atoms with Crippen LogP contribution in [0.25, 0.3) is 44.5 Å². The van der Waals surface area contributed by atoms with Gasteiger partial charge in [-0.1, -0.05) is 72.8 Å². The van der Waals surface area contributed by atoms with Gasteiger partial charge in [0.2, 0.25) is 0 Å². The molecule has 4 aromatic heterocycles. The second kappa shape index (κ2) is 19.6. The number of hydrogen-bond donors (Lipinski definition) is 0. The fourth-order valence-corrected chi connectivity index (χ4v) is 10.5. The van der Waals surface area contributed by atoms with E-state index in [1.54, 1.807) is 0 Å². The predicted octanol–water partition coefficient (Wildman–Crippen LogP) is 14.6. The van der Waals surface area contributed by atoms with E-state index >= 15 is 0 Å². The fourth-order valence-electron chi connectivity index (χ4n) is 10.5. The van der Waals surface area contributed by atoms with Crippen LogP contribution in [-0.2, 0) is 16.8 Å². The maximum atomic E-state index is 5.97. The Hall–Kier alpha value is -9.13. The molecule has 1 aliphatic heterocycles. The molecule has 1 radical (unpaired) electrons. The Kier molecular flexibility index (Phi) is 12.1. The molecule has 345 valence electrons. The van der Waals surface area contributed by atoms with Gasteiger partial charge in [-0.15, -0.1) is 0 Å². The predicted molar refractivity (Wildman–Crippen MR) is 289 cm³/mol. The maximum absolute atomic E-state index is 5.97. The van der Waals surface area contributed by atoms with E-state index in [2.05, 4.69) is 267 Å². The van der Waals surface area contributed by atoms with Crippen LogP contribution >= 0.6 is 0 Å². The first-order chi connectivity index (χ1) is 35.8. The quantitative estimate of drug-likeness (QED) is 0.142. The minimum Gasteiger partial charge on any atom is -0.628 e. The van der Waals surface area contributed by atoms with Gasteiger partial charge in [-0.25, -0.2) is 0 Å². The van der Waals surface area contributed by atoms with Crippen LogP contribution in [0.1, 0.15) is 67.8 Å². The van der Waals surface area contributed by atoms with Crippen LogP contribution in [0, 0.1) is 23.7 Å². The average molecular weight is 976 g/mol. The molecule has 1 aliphatic rings. The van der Waals surface area contributed by atoms with Gasteiger partial charge in [0.1, 0.15) is 0 Å². The number of benzene rings is 8. The van der Waals surface area contributed by atoms with Crippen LogP contribution in [-0.4, -0.2) is 0 Å². The van der Waals surface area contributed by atoms with E-state index in [0.29, 0.717) is 0 Å². The van der Waals surface area contributed by atoms with Gasteiger partial charge in [-0.3, -0.25) is 0 Å². The zero-order valence-electron chi connectivity index (χ0n) is 39.5. The maximum Gasteiger partial charge on any atom is 0.0768 e. The first kappa shape index (κ1) is 45.0. The molecule has 5 heteroatoms. The molecule has 8 aromatic carbocycles. The van der Waals surface area contributed by atoms with Crippen LogP contribution < -0.4 is 19.9 Å². The van der Waals surface area contributed by atoms with Crippen molar-refractivity contribution >= 4 is 0 Å². The van der Waals surface area contributed by atoms with Crippen molar-refractivity contribution in [1.29, 1.82) is 0 Å². The van der Waals surface area contributed by atoms with E-state index in [4.69, 9.17) is 19.9 Å². The van der Waals surface area contributed by atoms with Gasteiger partial charge in [-0.2, -0.15) is 0 Å². The van der Waals surface area contributed by atoms with E-state index in [0.717, 1.165) is 136 Å². The van der Waals surface area contributed by atoms with Crippen molar-refractivity contribution in [2.75, 3.05) is 0 Å². The van der Waals surface area contributed by atoms with Crippen LogP contribution in [0.15, 0.2) is 267 Å². The van der Waals surface area contributed by atoms with Crippen LogP contribution in [0.4, 0.5) is 0 Å². The van der Waals surface area contributed by atoms with Gasteiger partial charge < -0.3 is 19.9 Å². The summed E-state index contributed by atoms with van der Waals surface area (Å²) in [5.74, 6) is 3.71. The summed E-state index contributed by atoms with van der Waals surface area (Å²) in [4.78, 5) is 23.5. The Bertz CT molecular complexity index is 3240. The molecular weight excluding hydrogens is 932 g/mol. The largest absolute Gasteiger partial charge is 0.628 e. The molecule has 0 N–H and O–H groups in total. The monoisotopic (exact) mass is 975 g/mol. The Morgan fingerprint density at radius 1 is 0.192 bits per heavy atom. The second-order valence-electron chi connectivity index (χ2n) is 18.0. The Morgan fingerprint density at radius 2 is 0.370 bits per heavy atom. The summed E-state index contributed by atoms with van der Waals surface area (Å²) in [6, 6.07) is 93.9. The first-order valence-corrected chi connectivity index (χ1v) is 24.4. The van der Waals surface area contributed by atoms with E-state index in [-0.39, 0.29) is 16.8 Å². The van der Waals surface area contributed by atoms with Gasteiger partial charge >= 0.3 is 0 Å².